The summed E-state index contributed by atoms with van der Waals surface area (Å²) in [5, 5.41) is 12.3. The largest absolute Gasteiger partial charge is 0.434 e. The predicted octanol–water partition coefficient (Wildman–Crippen LogP) is 4.16. The highest BCUT2D eigenvalue weighted by molar-refractivity contribution is 9.09. The van der Waals surface area contributed by atoms with Gasteiger partial charge in [-0.2, -0.15) is 0 Å². The third-order valence-electron chi connectivity index (χ3n) is 4.07. The molecule has 0 aliphatic rings. The molecule has 0 aliphatic heterocycles. The minimum Gasteiger partial charge on any atom is -0.390 e. The summed E-state index contributed by atoms with van der Waals surface area (Å²) in [7, 11) is -1.84. The summed E-state index contributed by atoms with van der Waals surface area (Å²) < 4.78 is 25.2. The van der Waals surface area contributed by atoms with E-state index < -0.39 is 12.6 Å². The maximum atomic E-state index is 14.1. The summed E-state index contributed by atoms with van der Waals surface area (Å²) in [5.74, 6) is -0.272. The molecule has 0 saturated carbocycles. The van der Waals surface area contributed by atoms with Crippen molar-refractivity contribution in [3.05, 3.63) is 22.0 Å². The molecule has 0 amide bonds. The minimum absolute atomic E-state index is 0.00849. The Morgan fingerprint density at radius 3 is 2.04 bits per heavy atom. The third-order valence-corrected chi connectivity index (χ3v) is 7.87. The molecule has 27 heavy (non-hydrogen) atoms. The molecular weight excluding hydrogens is 505 g/mol. The fourth-order valence-electron chi connectivity index (χ4n) is 2.71. The van der Waals surface area contributed by atoms with Gasteiger partial charge in [-0.3, -0.25) is 9.09 Å². The van der Waals surface area contributed by atoms with Crippen LogP contribution in [0.2, 0.25) is 0 Å². The Kier molecular flexibility index (Phi) is 10.1. The molecule has 0 atom stereocenters. The van der Waals surface area contributed by atoms with Crippen LogP contribution in [0.25, 0.3) is 0 Å². The van der Waals surface area contributed by atoms with Crippen molar-refractivity contribution in [3.63, 3.8) is 0 Å². The monoisotopic (exact) mass is 531 g/mol. The zero-order valence-corrected chi connectivity index (χ0v) is 20.4. The van der Waals surface area contributed by atoms with E-state index in [0.717, 1.165) is 0 Å². The standard InChI is InChI=1S/C15H28Br2N5O4P/c1-12(2)20(8-6-16)27(25,21(9-7-17)13(3)4)26-11-14-10-18-15(19(14)5)22(23)24/h10,12-13H,6-9,11H2,1-5H3. The van der Waals surface area contributed by atoms with E-state index in [1.807, 2.05) is 37.0 Å². The fraction of sp³-hybridized carbons (Fsp3) is 0.800. The van der Waals surface area contributed by atoms with Crippen LogP contribution in [0, 0.1) is 10.1 Å². The lowest BCUT2D eigenvalue weighted by Crippen LogP contribution is -2.41. The van der Waals surface area contributed by atoms with Crippen molar-refractivity contribution >= 4 is 45.5 Å². The Morgan fingerprint density at radius 1 is 1.22 bits per heavy atom. The Bertz CT molecular complexity index is 649. The molecule has 1 aromatic heterocycles. The number of hydrogen-bond acceptors (Lipinski definition) is 5. The van der Waals surface area contributed by atoms with Gasteiger partial charge in [-0.25, -0.2) is 13.9 Å². The smallest absolute Gasteiger partial charge is 0.390 e. The van der Waals surface area contributed by atoms with Crippen molar-refractivity contribution < 1.29 is 14.0 Å². The van der Waals surface area contributed by atoms with Crippen molar-refractivity contribution in [1.29, 1.82) is 0 Å². The predicted molar refractivity (Wildman–Crippen MR) is 114 cm³/mol. The van der Waals surface area contributed by atoms with Gasteiger partial charge in [0.25, 0.3) is 0 Å². The molecule has 1 heterocycles. The normalized spacial score (nSPS) is 12.7. The van der Waals surface area contributed by atoms with E-state index in [4.69, 9.17) is 4.52 Å². The minimum atomic E-state index is -3.39. The van der Waals surface area contributed by atoms with Crippen LogP contribution in [-0.2, 0) is 22.7 Å². The molecule has 0 bridgehead atoms. The van der Waals surface area contributed by atoms with Crippen LogP contribution in [0.4, 0.5) is 5.95 Å². The molecule has 0 aliphatic carbocycles. The first kappa shape index (κ1) is 24.7. The maximum absolute atomic E-state index is 14.1. The first-order valence-corrected chi connectivity index (χ1v) is 12.4. The van der Waals surface area contributed by atoms with Gasteiger partial charge in [0.1, 0.15) is 18.5 Å². The quantitative estimate of drug-likeness (QED) is 0.172. The average Bonchev–Trinajstić information content (AvgIpc) is 2.95. The Morgan fingerprint density at radius 2 is 1.70 bits per heavy atom. The molecule has 0 unspecified atom stereocenters. The summed E-state index contributed by atoms with van der Waals surface area (Å²) >= 11 is 6.86. The van der Waals surface area contributed by atoms with Crippen molar-refractivity contribution in [2.75, 3.05) is 23.7 Å². The van der Waals surface area contributed by atoms with Crippen molar-refractivity contribution in [2.24, 2.45) is 7.05 Å². The van der Waals surface area contributed by atoms with Crippen LogP contribution in [0.15, 0.2) is 6.20 Å². The van der Waals surface area contributed by atoms with E-state index in [1.54, 1.807) is 7.05 Å². The molecule has 0 saturated heterocycles. The molecule has 156 valence electrons. The lowest BCUT2D eigenvalue weighted by atomic mass is 10.4. The Balaban J connectivity index is 3.24. The molecule has 12 heteroatoms. The highest BCUT2D eigenvalue weighted by Gasteiger charge is 2.41. The number of halogens is 2. The van der Waals surface area contributed by atoms with Gasteiger partial charge < -0.3 is 10.1 Å². The van der Waals surface area contributed by atoms with Gasteiger partial charge in [0, 0.05) is 35.8 Å². The molecule has 0 N–H and O–H groups in total. The van der Waals surface area contributed by atoms with E-state index in [-0.39, 0.29) is 24.6 Å². The van der Waals surface area contributed by atoms with Gasteiger partial charge in [-0.1, -0.05) is 36.8 Å². The number of nitro groups is 1. The lowest BCUT2D eigenvalue weighted by Gasteiger charge is -2.41. The van der Waals surface area contributed by atoms with E-state index in [2.05, 4.69) is 36.8 Å². The van der Waals surface area contributed by atoms with Crippen LogP contribution in [0.3, 0.4) is 0 Å². The van der Waals surface area contributed by atoms with E-state index in [9.17, 15) is 14.7 Å². The van der Waals surface area contributed by atoms with E-state index in [0.29, 0.717) is 29.4 Å². The summed E-state index contributed by atoms with van der Waals surface area (Å²) in [4.78, 5) is 14.2. The molecule has 0 fully saturated rings. The molecule has 9 nitrogen and oxygen atoms in total. The fourth-order valence-corrected chi connectivity index (χ4v) is 6.79. The first-order chi connectivity index (χ1) is 12.6. The van der Waals surface area contributed by atoms with Crippen molar-refractivity contribution in [3.8, 4) is 0 Å². The van der Waals surface area contributed by atoms with Gasteiger partial charge in [0.15, 0.2) is 0 Å². The lowest BCUT2D eigenvalue weighted by molar-refractivity contribution is -0.396. The van der Waals surface area contributed by atoms with Crippen LogP contribution < -0.4 is 0 Å². The second-order valence-electron chi connectivity index (χ2n) is 6.52. The number of nitrogens with zero attached hydrogens (tertiary/aromatic N) is 5. The zero-order chi connectivity index (χ0) is 20.8. The summed E-state index contributed by atoms with van der Waals surface area (Å²) in [6.07, 6.45) is 1.39. The summed E-state index contributed by atoms with van der Waals surface area (Å²) in [5.41, 5.74) is 0.493. The second kappa shape index (κ2) is 11.0. The SMILES string of the molecule is CC(C)N(CCBr)P(=O)(OCc1cnc([N+](=O)[O-])n1C)N(CCBr)C(C)C. The van der Waals surface area contributed by atoms with Crippen LogP contribution in [0.1, 0.15) is 33.4 Å². The molecular formula is C15H28Br2N5O4P. The molecule has 0 aromatic carbocycles. The maximum Gasteiger partial charge on any atom is 0.434 e. The number of hydrogen-bond donors (Lipinski definition) is 0. The van der Waals surface area contributed by atoms with Gasteiger partial charge >= 0.3 is 13.6 Å². The van der Waals surface area contributed by atoms with Gasteiger partial charge in [-0.15, -0.1) is 0 Å². The second-order valence-corrected chi connectivity index (χ2v) is 10.4. The average molecular weight is 533 g/mol. The summed E-state index contributed by atoms with van der Waals surface area (Å²) in [6, 6.07) is -0.0170. The number of rotatable bonds is 12. The Labute approximate surface area is 177 Å². The highest BCUT2D eigenvalue weighted by atomic mass is 79.9. The van der Waals surface area contributed by atoms with E-state index >= 15 is 0 Å². The zero-order valence-electron chi connectivity index (χ0n) is 16.3. The van der Waals surface area contributed by atoms with Gasteiger partial charge in [0.05, 0.1) is 7.05 Å². The first-order valence-electron chi connectivity index (χ1n) is 8.65. The topological polar surface area (TPSA) is 93.7 Å². The van der Waals surface area contributed by atoms with Crippen molar-refractivity contribution in [1.82, 2.24) is 18.9 Å². The van der Waals surface area contributed by atoms with E-state index in [1.165, 1.54) is 10.8 Å². The molecule has 1 rings (SSSR count). The van der Waals surface area contributed by atoms with Gasteiger partial charge in [-0.05, 0) is 32.6 Å². The number of alkyl halides is 2. The van der Waals surface area contributed by atoms with Crippen LogP contribution in [-0.4, -0.2) is 59.6 Å². The summed E-state index contributed by atoms with van der Waals surface area (Å²) in [6.45, 7) is 8.95. The van der Waals surface area contributed by atoms with Crippen molar-refractivity contribution in [2.45, 2.75) is 46.4 Å². The molecule has 0 radical (unpaired) electrons. The van der Waals surface area contributed by atoms with Crippen LogP contribution >= 0.6 is 39.5 Å². The third kappa shape index (κ3) is 6.08. The van der Waals surface area contributed by atoms with Gasteiger partial charge in [0.2, 0.25) is 0 Å². The Hall–Kier alpha value is -0.320. The van der Waals surface area contributed by atoms with Crippen LogP contribution in [0.5, 0.6) is 0 Å². The molecule has 1 aromatic rings. The highest BCUT2D eigenvalue weighted by Crippen LogP contribution is 2.57. The number of imidazole rings is 1. The molecule has 0 spiro atoms. The number of aromatic nitrogens is 2.